The molecule has 0 bridgehead atoms. The molecule has 0 saturated carbocycles. The first-order valence-corrected chi connectivity index (χ1v) is 8.52. The summed E-state index contributed by atoms with van der Waals surface area (Å²) in [5.41, 5.74) is 4.99. The van der Waals surface area contributed by atoms with Crippen molar-refractivity contribution >= 4 is 22.4 Å². The Morgan fingerprint density at radius 3 is 2.48 bits per heavy atom. The number of thiazole rings is 1. The van der Waals surface area contributed by atoms with E-state index in [4.69, 9.17) is 5.26 Å². The van der Waals surface area contributed by atoms with Crippen LogP contribution >= 0.6 is 11.3 Å². The first-order valence-electron chi connectivity index (χ1n) is 7.71. The van der Waals surface area contributed by atoms with Crippen LogP contribution in [0.1, 0.15) is 23.9 Å². The summed E-state index contributed by atoms with van der Waals surface area (Å²) in [6, 6.07) is 13.4. The van der Waals surface area contributed by atoms with Gasteiger partial charge in [0.2, 0.25) is 5.91 Å². The minimum Gasteiger partial charge on any atom is -0.302 e. The summed E-state index contributed by atoms with van der Waals surface area (Å²) < 4.78 is 0. The summed E-state index contributed by atoms with van der Waals surface area (Å²) in [7, 11) is 0. The van der Waals surface area contributed by atoms with Crippen LogP contribution in [-0.4, -0.2) is 15.9 Å². The topological polar surface area (TPSA) is 78.7 Å². The average molecular weight is 348 g/mol. The molecular weight excluding hydrogens is 332 g/mol. The van der Waals surface area contributed by atoms with Crippen LogP contribution in [0, 0.1) is 25.2 Å². The Morgan fingerprint density at radius 2 is 1.84 bits per heavy atom. The summed E-state index contributed by atoms with van der Waals surface area (Å²) in [6.45, 7) is 5.35. The van der Waals surface area contributed by atoms with E-state index in [2.05, 4.69) is 21.4 Å². The molecule has 0 atom stereocenters. The van der Waals surface area contributed by atoms with Gasteiger partial charge in [0.1, 0.15) is 0 Å². The Labute approximate surface area is 150 Å². The maximum atomic E-state index is 11.4. The number of carbonyl (C=O) groups excluding carboxylic acids is 1. The van der Waals surface area contributed by atoms with Crippen LogP contribution in [0.3, 0.4) is 0 Å². The lowest BCUT2D eigenvalue weighted by atomic mass is 10.0. The van der Waals surface area contributed by atoms with Crippen molar-refractivity contribution in [2.75, 3.05) is 5.32 Å². The number of aryl methyl sites for hydroxylation is 2. The molecule has 0 radical (unpaired) electrons. The van der Waals surface area contributed by atoms with Crippen molar-refractivity contribution in [1.82, 2.24) is 9.97 Å². The third-order valence-corrected chi connectivity index (χ3v) is 4.54. The molecule has 6 heteroatoms. The van der Waals surface area contributed by atoms with Gasteiger partial charge in [0.05, 0.1) is 22.2 Å². The number of nitrogens with one attached hydrogen (secondary N) is 1. The number of amides is 1. The number of hydrogen-bond acceptors (Lipinski definition) is 5. The van der Waals surface area contributed by atoms with Crippen molar-refractivity contribution in [3.63, 3.8) is 0 Å². The van der Waals surface area contributed by atoms with E-state index in [0.717, 1.165) is 33.1 Å². The molecule has 0 aliphatic heterocycles. The van der Waals surface area contributed by atoms with Gasteiger partial charge in [-0.1, -0.05) is 23.5 Å². The molecule has 0 fully saturated rings. The average Bonchev–Trinajstić information content (AvgIpc) is 2.97. The van der Waals surface area contributed by atoms with E-state index in [1.807, 2.05) is 38.1 Å². The van der Waals surface area contributed by atoms with Gasteiger partial charge in [-0.3, -0.25) is 9.78 Å². The number of nitriles is 1. The van der Waals surface area contributed by atoms with E-state index in [1.165, 1.54) is 18.3 Å². The van der Waals surface area contributed by atoms with Crippen molar-refractivity contribution in [2.45, 2.75) is 20.8 Å². The molecule has 1 N–H and O–H groups in total. The highest BCUT2D eigenvalue weighted by atomic mass is 32.1. The fourth-order valence-corrected chi connectivity index (χ4v) is 3.64. The lowest BCUT2D eigenvalue weighted by Crippen LogP contribution is -2.04. The van der Waals surface area contributed by atoms with E-state index in [9.17, 15) is 4.79 Å². The van der Waals surface area contributed by atoms with Gasteiger partial charge in [-0.15, -0.1) is 0 Å². The third-order valence-electron chi connectivity index (χ3n) is 3.52. The molecule has 3 rings (SSSR count). The van der Waals surface area contributed by atoms with E-state index in [0.29, 0.717) is 10.7 Å². The quantitative estimate of drug-likeness (QED) is 0.764. The minimum absolute atomic E-state index is 0.167. The second kappa shape index (κ2) is 6.83. The molecular formula is C19H16N4OS. The first kappa shape index (κ1) is 16.8. The highest BCUT2D eigenvalue weighted by Crippen LogP contribution is 2.39. The van der Waals surface area contributed by atoms with Crippen LogP contribution in [0.5, 0.6) is 0 Å². The number of carbonyl (C=O) groups is 1. The van der Waals surface area contributed by atoms with E-state index >= 15 is 0 Å². The summed E-state index contributed by atoms with van der Waals surface area (Å²) >= 11 is 1.41. The predicted molar refractivity (Wildman–Crippen MR) is 99.3 cm³/mol. The molecule has 2 aromatic heterocycles. The summed E-state index contributed by atoms with van der Waals surface area (Å²) in [5, 5.41) is 12.4. The molecule has 0 unspecified atom stereocenters. The van der Waals surface area contributed by atoms with Crippen LogP contribution in [0.15, 0.2) is 36.4 Å². The van der Waals surface area contributed by atoms with Gasteiger partial charge >= 0.3 is 0 Å². The zero-order valence-corrected chi connectivity index (χ0v) is 14.9. The second-order valence-corrected chi connectivity index (χ2v) is 6.71. The number of hydrogen-bond donors (Lipinski definition) is 1. The first-order chi connectivity index (χ1) is 12.0. The maximum absolute atomic E-state index is 11.4. The molecule has 1 aromatic carbocycles. The largest absolute Gasteiger partial charge is 0.302 e. The third kappa shape index (κ3) is 3.73. The summed E-state index contributed by atoms with van der Waals surface area (Å²) in [5.74, 6) is -0.167. The fourth-order valence-electron chi connectivity index (χ4n) is 2.62. The van der Waals surface area contributed by atoms with Gasteiger partial charge in [-0.2, -0.15) is 5.26 Å². The zero-order valence-electron chi connectivity index (χ0n) is 14.1. The fraction of sp³-hybridized carbons (Fsp3) is 0.158. The Morgan fingerprint density at radius 1 is 1.12 bits per heavy atom. The van der Waals surface area contributed by atoms with E-state index < -0.39 is 0 Å². The molecule has 25 heavy (non-hydrogen) atoms. The van der Waals surface area contributed by atoms with Gasteiger partial charge in [0.25, 0.3) is 0 Å². The molecule has 1 amide bonds. The predicted octanol–water partition coefficient (Wildman–Crippen LogP) is 4.32. The molecule has 2 heterocycles. The number of nitrogens with zero attached hydrogens (tertiary/aromatic N) is 3. The van der Waals surface area contributed by atoms with E-state index in [-0.39, 0.29) is 5.91 Å². The van der Waals surface area contributed by atoms with Crippen LogP contribution in [0.4, 0.5) is 5.13 Å². The zero-order chi connectivity index (χ0) is 18.0. The van der Waals surface area contributed by atoms with Gasteiger partial charge < -0.3 is 5.32 Å². The molecule has 0 saturated heterocycles. The molecule has 0 aliphatic carbocycles. The van der Waals surface area contributed by atoms with Gasteiger partial charge in [-0.25, -0.2) is 4.98 Å². The number of benzene rings is 1. The summed E-state index contributed by atoms with van der Waals surface area (Å²) in [4.78, 5) is 21.4. The van der Waals surface area contributed by atoms with Crippen molar-refractivity contribution < 1.29 is 4.79 Å². The van der Waals surface area contributed by atoms with Crippen molar-refractivity contribution in [3.8, 4) is 27.8 Å². The van der Waals surface area contributed by atoms with Crippen LogP contribution in [0.2, 0.25) is 0 Å². The second-order valence-electron chi connectivity index (χ2n) is 5.71. The van der Waals surface area contributed by atoms with Crippen LogP contribution in [0.25, 0.3) is 21.7 Å². The normalized spacial score (nSPS) is 10.3. The Balaban J connectivity index is 2.20. The number of aromatic nitrogens is 2. The highest BCUT2D eigenvalue weighted by molar-refractivity contribution is 7.19. The smallest absolute Gasteiger partial charge is 0.223 e. The highest BCUT2D eigenvalue weighted by Gasteiger charge is 2.17. The van der Waals surface area contributed by atoms with E-state index in [1.54, 1.807) is 12.1 Å². The molecule has 3 aromatic rings. The lowest BCUT2D eigenvalue weighted by Gasteiger charge is -2.05. The Bertz CT molecular complexity index is 981. The van der Waals surface area contributed by atoms with Crippen LogP contribution in [-0.2, 0) is 4.79 Å². The molecule has 5 nitrogen and oxygen atoms in total. The number of rotatable bonds is 3. The molecule has 0 aliphatic rings. The monoisotopic (exact) mass is 348 g/mol. The van der Waals surface area contributed by atoms with Crippen molar-refractivity contribution in [3.05, 3.63) is 53.3 Å². The number of pyridine rings is 1. The number of anilines is 1. The maximum Gasteiger partial charge on any atom is 0.223 e. The Hall–Kier alpha value is -3.04. The van der Waals surface area contributed by atoms with Gasteiger partial charge in [0, 0.05) is 23.9 Å². The Kier molecular flexibility index (Phi) is 4.59. The summed E-state index contributed by atoms with van der Waals surface area (Å²) in [6.07, 6.45) is 0. The van der Waals surface area contributed by atoms with Crippen molar-refractivity contribution in [1.29, 1.82) is 5.26 Å². The molecule has 124 valence electrons. The van der Waals surface area contributed by atoms with Crippen molar-refractivity contribution in [2.24, 2.45) is 0 Å². The minimum atomic E-state index is -0.167. The SMILES string of the molecule is CC(=O)Nc1nc(-c2cccc(C#N)c2)c(-c2cc(C)nc(C)c2)s1. The molecule has 0 spiro atoms. The van der Waals surface area contributed by atoms with Gasteiger partial charge in [0.15, 0.2) is 5.13 Å². The van der Waals surface area contributed by atoms with Crippen LogP contribution < -0.4 is 5.32 Å². The van der Waals surface area contributed by atoms with Gasteiger partial charge in [-0.05, 0) is 43.7 Å². The standard InChI is InChI=1S/C19H16N4OS/c1-11-7-16(8-12(2)21-11)18-17(23-19(25-18)22-13(3)24)15-6-4-5-14(9-15)10-20/h4-9H,1-3H3,(H,22,23,24). The lowest BCUT2D eigenvalue weighted by molar-refractivity contribution is -0.114.